The second-order valence-electron chi connectivity index (χ2n) is 4.25. The number of nitrogens with zero attached hydrogens (tertiary/aromatic N) is 2. The van der Waals surface area contributed by atoms with Crippen LogP contribution in [0.4, 0.5) is 5.82 Å². The molecule has 0 spiro atoms. The molecule has 2 heterocycles. The van der Waals surface area contributed by atoms with Crippen LogP contribution in [-0.4, -0.2) is 22.6 Å². The van der Waals surface area contributed by atoms with Crippen LogP contribution in [0, 0.1) is 6.92 Å². The Morgan fingerprint density at radius 3 is 3.00 bits per heavy atom. The van der Waals surface area contributed by atoms with Gasteiger partial charge in [-0.25, -0.2) is 4.98 Å². The number of hydrogen-bond acceptors (Lipinski definition) is 4. The van der Waals surface area contributed by atoms with Crippen LogP contribution in [-0.2, 0) is 11.3 Å². The topological polar surface area (TPSA) is 73.2 Å². The molecule has 1 amide bonds. The van der Waals surface area contributed by atoms with Crippen LogP contribution in [0.2, 0.25) is 0 Å². The third-order valence-electron chi connectivity index (χ3n) is 2.76. The fourth-order valence-electron chi connectivity index (χ4n) is 1.72. The summed E-state index contributed by atoms with van der Waals surface area (Å²) < 4.78 is 6.40. The monoisotopic (exact) mass is 273 g/mol. The molecule has 0 aromatic carbocycles. The summed E-state index contributed by atoms with van der Waals surface area (Å²) in [6.45, 7) is 1.65. The second kappa shape index (κ2) is 6.01. The van der Waals surface area contributed by atoms with Gasteiger partial charge in [-0.15, -0.1) is 0 Å². The summed E-state index contributed by atoms with van der Waals surface area (Å²) >= 11 is 0. The summed E-state index contributed by atoms with van der Waals surface area (Å²) in [5, 5.41) is 2.62. The number of amides is 1. The Morgan fingerprint density at radius 1 is 1.45 bits per heavy atom. The van der Waals surface area contributed by atoms with Crippen molar-refractivity contribution in [3.05, 3.63) is 52.6 Å². The number of carbonyl (C=O) groups is 1. The molecule has 0 bridgehead atoms. The van der Waals surface area contributed by atoms with Gasteiger partial charge in [-0.3, -0.25) is 9.59 Å². The smallest absolute Gasteiger partial charge is 0.253 e. The Labute approximate surface area is 116 Å². The lowest BCUT2D eigenvalue weighted by atomic mass is 10.3. The van der Waals surface area contributed by atoms with E-state index in [9.17, 15) is 9.59 Å². The van der Waals surface area contributed by atoms with Crippen molar-refractivity contribution in [2.45, 2.75) is 13.5 Å². The largest absolute Gasteiger partial charge is 0.497 e. The molecule has 2 rings (SSSR count). The maximum atomic E-state index is 11.9. The lowest BCUT2D eigenvalue weighted by Gasteiger charge is -2.08. The third kappa shape index (κ3) is 3.23. The van der Waals surface area contributed by atoms with Gasteiger partial charge in [0.05, 0.1) is 7.11 Å². The van der Waals surface area contributed by atoms with E-state index in [1.807, 2.05) is 0 Å². The SMILES string of the molecule is COc1ccnc(NC(=O)Cn2cccc(C)c2=O)c1. The first-order valence-electron chi connectivity index (χ1n) is 6.06. The molecule has 0 radical (unpaired) electrons. The van der Waals surface area contributed by atoms with Gasteiger partial charge in [0, 0.05) is 24.0 Å². The van der Waals surface area contributed by atoms with Crippen LogP contribution in [0.25, 0.3) is 0 Å². The zero-order chi connectivity index (χ0) is 14.5. The molecular formula is C14H15N3O3. The van der Waals surface area contributed by atoms with Gasteiger partial charge in [0.1, 0.15) is 18.1 Å². The molecule has 2 aromatic heterocycles. The average Bonchev–Trinajstić information content (AvgIpc) is 2.44. The minimum Gasteiger partial charge on any atom is -0.497 e. The van der Waals surface area contributed by atoms with Gasteiger partial charge < -0.3 is 14.6 Å². The maximum absolute atomic E-state index is 11.9. The number of hydrogen-bond donors (Lipinski definition) is 1. The Bertz CT molecular complexity index is 679. The van der Waals surface area contributed by atoms with E-state index in [0.29, 0.717) is 17.1 Å². The number of carbonyl (C=O) groups excluding carboxylic acids is 1. The fraction of sp³-hybridized carbons (Fsp3) is 0.214. The first-order chi connectivity index (χ1) is 9.60. The Hall–Kier alpha value is -2.63. The molecule has 20 heavy (non-hydrogen) atoms. The van der Waals surface area contributed by atoms with Crippen LogP contribution in [0.3, 0.4) is 0 Å². The second-order valence-corrected chi connectivity index (χ2v) is 4.25. The van der Waals surface area contributed by atoms with Gasteiger partial charge in [-0.05, 0) is 19.1 Å². The van der Waals surface area contributed by atoms with Crippen LogP contribution in [0.5, 0.6) is 5.75 Å². The van der Waals surface area contributed by atoms with Crippen LogP contribution >= 0.6 is 0 Å². The van der Waals surface area contributed by atoms with E-state index in [-0.39, 0.29) is 18.0 Å². The Balaban J connectivity index is 2.09. The number of nitrogens with one attached hydrogen (secondary N) is 1. The Kier molecular flexibility index (Phi) is 4.14. The van der Waals surface area contributed by atoms with E-state index in [1.54, 1.807) is 37.4 Å². The zero-order valence-corrected chi connectivity index (χ0v) is 11.3. The highest BCUT2D eigenvalue weighted by molar-refractivity contribution is 5.89. The van der Waals surface area contributed by atoms with Gasteiger partial charge in [0.2, 0.25) is 5.91 Å². The van der Waals surface area contributed by atoms with Crippen molar-refractivity contribution in [2.24, 2.45) is 0 Å². The van der Waals surface area contributed by atoms with Crippen molar-refractivity contribution in [1.82, 2.24) is 9.55 Å². The van der Waals surface area contributed by atoms with E-state index < -0.39 is 0 Å². The molecule has 6 heteroatoms. The molecule has 0 atom stereocenters. The van der Waals surface area contributed by atoms with E-state index in [1.165, 1.54) is 17.9 Å². The normalized spacial score (nSPS) is 10.1. The number of pyridine rings is 2. The fourth-order valence-corrected chi connectivity index (χ4v) is 1.72. The molecule has 0 saturated heterocycles. The van der Waals surface area contributed by atoms with E-state index >= 15 is 0 Å². The van der Waals surface area contributed by atoms with Crippen molar-refractivity contribution in [3.63, 3.8) is 0 Å². The van der Waals surface area contributed by atoms with Gasteiger partial charge in [-0.1, -0.05) is 6.07 Å². The zero-order valence-electron chi connectivity index (χ0n) is 11.3. The predicted molar refractivity (Wildman–Crippen MR) is 74.9 cm³/mol. The molecule has 0 aliphatic carbocycles. The quantitative estimate of drug-likeness (QED) is 0.908. The number of aromatic nitrogens is 2. The predicted octanol–water partition coefficient (Wildman–Crippen LogP) is 1.20. The highest BCUT2D eigenvalue weighted by atomic mass is 16.5. The highest BCUT2D eigenvalue weighted by Gasteiger charge is 2.07. The van der Waals surface area contributed by atoms with Crippen LogP contribution in [0.1, 0.15) is 5.56 Å². The average molecular weight is 273 g/mol. The molecule has 2 aromatic rings. The van der Waals surface area contributed by atoms with Crippen molar-refractivity contribution in [3.8, 4) is 5.75 Å². The summed E-state index contributed by atoms with van der Waals surface area (Å²) in [7, 11) is 1.53. The number of methoxy groups -OCH3 is 1. The van der Waals surface area contributed by atoms with Crippen molar-refractivity contribution < 1.29 is 9.53 Å². The molecule has 0 aliphatic heterocycles. The number of anilines is 1. The van der Waals surface area contributed by atoms with Crippen LogP contribution < -0.4 is 15.6 Å². The first kappa shape index (κ1) is 13.8. The molecule has 6 nitrogen and oxygen atoms in total. The van der Waals surface area contributed by atoms with Gasteiger partial charge in [-0.2, -0.15) is 0 Å². The van der Waals surface area contributed by atoms with E-state index in [0.717, 1.165) is 0 Å². The van der Waals surface area contributed by atoms with E-state index in [4.69, 9.17) is 4.74 Å². The molecule has 0 unspecified atom stereocenters. The molecule has 1 N–H and O–H groups in total. The summed E-state index contributed by atoms with van der Waals surface area (Å²) in [4.78, 5) is 27.7. The number of ether oxygens (including phenoxy) is 1. The van der Waals surface area contributed by atoms with Crippen LogP contribution in [0.15, 0.2) is 41.5 Å². The molecule has 0 saturated carbocycles. The van der Waals surface area contributed by atoms with Crippen molar-refractivity contribution in [2.75, 3.05) is 12.4 Å². The highest BCUT2D eigenvalue weighted by Crippen LogP contribution is 2.13. The summed E-state index contributed by atoms with van der Waals surface area (Å²) in [5.74, 6) is 0.663. The minimum atomic E-state index is -0.321. The van der Waals surface area contributed by atoms with Gasteiger partial charge in [0.25, 0.3) is 5.56 Å². The molecule has 104 valence electrons. The van der Waals surface area contributed by atoms with Gasteiger partial charge >= 0.3 is 0 Å². The lowest BCUT2D eigenvalue weighted by Crippen LogP contribution is -2.28. The van der Waals surface area contributed by atoms with Crippen molar-refractivity contribution in [1.29, 1.82) is 0 Å². The third-order valence-corrected chi connectivity index (χ3v) is 2.76. The van der Waals surface area contributed by atoms with Gasteiger partial charge in [0.15, 0.2) is 0 Å². The molecule has 0 aliphatic rings. The molecular weight excluding hydrogens is 258 g/mol. The lowest BCUT2D eigenvalue weighted by molar-refractivity contribution is -0.116. The van der Waals surface area contributed by atoms with Crippen molar-refractivity contribution >= 4 is 11.7 Å². The maximum Gasteiger partial charge on any atom is 0.253 e. The summed E-state index contributed by atoms with van der Waals surface area (Å²) in [6.07, 6.45) is 3.11. The standard InChI is InChI=1S/C14H15N3O3/c1-10-4-3-7-17(14(10)19)9-13(18)16-12-8-11(20-2)5-6-15-12/h3-8H,9H2,1-2H3,(H,15,16,18). The summed E-state index contributed by atoms with van der Waals surface area (Å²) in [5.41, 5.74) is 0.418. The van der Waals surface area contributed by atoms with E-state index in [2.05, 4.69) is 10.3 Å². The number of aryl methyl sites for hydroxylation is 1. The minimum absolute atomic E-state index is 0.0561. The molecule has 0 fully saturated rings. The first-order valence-corrected chi connectivity index (χ1v) is 6.06. The number of rotatable bonds is 4. The summed E-state index contributed by atoms with van der Waals surface area (Å²) in [6, 6.07) is 6.73. The Morgan fingerprint density at radius 2 is 2.25 bits per heavy atom.